The van der Waals surface area contributed by atoms with Crippen molar-refractivity contribution in [2.45, 2.75) is 13.0 Å². The molecule has 1 aromatic heterocycles. The second kappa shape index (κ2) is 4.24. The molecule has 0 spiro atoms. The highest BCUT2D eigenvalue weighted by molar-refractivity contribution is 4.50. The molecule has 1 rings (SSSR count). The predicted octanol–water partition coefficient (Wildman–Crippen LogP) is 0.373. The van der Waals surface area contributed by atoms with Crippen molar-refractivity contribution in [3.05, 3.63) is 16.8 Å². The van der Waals surface area contributed by atoms with Crippen LogP contribution in [0.1, 0.15) is 6.42 Å². The van der Waals surface area contributed by atoms with Gasteiger partial charge < -0.3 is 0 Å². The molecule has 7 heteroatoms. The van der Waals surface area contributed by atoms with E-state index in [4.69, 9.17) is 5.53 Å². The fraction of sp³-hybridized carbons (Fsp3) is 0.750. The van der Waals surface area contributed by atoms with Gasteiger partial charge >= 0.3 is 0 Å². The number of nitrogens with zero attached hydrogens (tertiary/aromatic N) is 7. The third-order valence-corrected chi connectivity index (χ3v) is 1.10. The maximum atomic E-state index is 7.93. The SMILES string of the molecule is [N-]=[N+]=NCCCn1cnnn1. The zero-order valence-corrected chi connectivity index (χ0v) is 5.83. The van der Waals surface area contributed by atoms with E-state index in [0.717, 1.165) is 6.42 Å². The van der Waals surface area contributed by atoms with Crippen LogP contribution in [0.25, 0.3) is 10.4 Å². The lowest BCUT2D eigenvalue weighted by Gasteiger charge is -1.93. The maximum absolute atomic E-state index is 7.93. The van der Waals surface area contributed by atoms with E-state index in [-0.39, 0.29) is 0 Å². The molecule has 0 fully saturated rings. The maximum Gasteiger partial charge on any atom is 0.138 e. The molecular formula is C4H7N7. The molecule has 58 valence electrons. The van der Waals surface area contributed by atoms with E-state index in [9.17, 15) is 0 Å². The summed E-state index contributed by atoms with van der Waals surface area (Å²) >= 11 is 0. The van der Waals surface area contributed by atoms with Crippen molar-refractivity contribution < 1.29 is 0 Å². The van der Waals surface area contributed by atoms with Crippen LogP contribution in [0, 0.1) is 0 Å². The molecule has 0 unspecified atom stereocenters. The Bertz CT molecular complexity index is 233. The fourth-order valence-corrected chi connectivity index (χ4v) is 0.631. The molecule has 0 amide bonds. The Labute approximate surface area is 62.6 Å². The summed E-state index contributed by atoms with van der Waals surface area (Å²) in [5.74, 6) is 0. The fourth-order valence-electron chi connectivity index (χ4n) is 0.631. The Morgan fingerprint density at radius 2 is 2.55 bits per heavy atom. The summed E-state index contributed by atoms with van der Waals surface area (Å²) in [6, 6.07) is 0. The smallest absolute Gasteiger partial charge is 0.138 e. The number of rotatable bonds is 4. The molecule has 0 aliphatic carbocycles. The monoisotopic (exact) mass is 153 g/mol. The van der Waals surface area contributed by atoms with Crippen LogP contribution in [0.3, 0.4) is 0 Å². The number of tetrazole rings is 1. The van der Waals surface area contributed by atoms with Gasteiger partial charge in [0.15, 0.2) is 0 Å². The molecule has 0 saturated carbocycles. The van der Waals surface area contributed by atoms with Crippen LogP contribution in [-0.4, -0.2) is 26.8 Å². The van der Waals surface area contributed by atoms with Gasteiger partial charge in [0.05, 0.1) is 0 Å². The van der Waals surface area contributed by atoms with Crippen molar-refractivity contribution in [3.63, 3.8) is 0 Å². The topological polar surface area (TPSA) is 92.4 Å². The van der Waals surface area contributed by atoms with E-state index in [1.165, 1.54) is 6.33 Å². The number of hydrogen-bond acceptors (Lipinski definition) is 4. The first-order valence-corrected chi connectivity index (χ1v) is 3.15. The van der Waals surface area contributed by atoms with Crippen molar-refractivity contribution in [2.75, 3.05) is 6.54 Å². The molecule has 1 aromatic rings. The van der Waals surface area contributed by atoms with Crippen LogP contribution in [0.15, 0.2) is 11.4 Å². The molecule has 11 heavy (non-hydrogen) atoms. The molecule has 0 bridgehead atoms. The molecule has 0 aliphatic rings. The highest BCUT2D eigenvalue weighted by atomic mass is 15.5. The molecule has 1 heterocycles. The third kappa shape index (κ3) is 2.63. The molecule has 0 atom stereocenters. The lowest BCUT2D eigenvalue weighted by molar-refractivity contribution is 0.563. The number of aromatic nitrogens is 4. The summed E-state index contributed by atoms with van der Waals surface area (Å²) in [5, 5.41) is 13.9. The van der Waals surface area contributed by atoms with Crippen molar-refractivity contribution >= 4 is 0 Å². The van der Waals surface area contributed by atoms with Gasteiger partial charge in [-0.15, -0.1) is 5.10 Å². The van der Waals surface area contributed by atoms with E-state index >= 15 is 0 Å². The minimum Gasteiger partial charge on any atom is -0.233 e. The van der Waals surface area contributed by atoms with Crippen molar-refractivity contribution in [2.24, 2.45) is 5.11 Å². The number of aryl methyl sites for hydroxylation is 1. The highest BCUT2D eigenvalue weighted by Crippen LogP contribution is 1.86. The first-order chi connectivity index (χ1) is 5.43. The molecule has 0 aliphatic heterocycles. The van der Waals surface area contributed by atoms with Crippen LogP contribution in [0.4, 0.5) is 0 Å². The second-order valence-electron chi connectivity index (χ2n) is 1.88. The second-order valence-corrected chi connectivity index (χ2v) is 1.88. The molecule has 0 saturated heterocycles. The summed E-state index contributed by atoms with van der Waals surface area (Å²) < 4.78 is 1.59. The van der Waals surface area contributed by atoms with Gasteiger partial charge in [0.25, 0.3) is 0 Å². The van der Waals surface area contributed by atoms with Crippen LogP contribution in [0.2, 0.25) is 0 Å². The normalized spacial score (nSPS) is 9.09. The number of hydrogen-bond donors (Lipinski definition) is 0. The zero-order chi connectivity index (χ0) is 7.94. The largest absolute Gasteiger partial charge is 0.233 e. The van der Waals surface area contributed by atoms with Crippen LogP contribution in [0.5, 0.6) is 0 Å². The van der Waals surface area contributed by atoms with Crippen LogP contribution < -0.4 is 0 Å². The average Bonchev–Trinajstić information content (AvgIpc) is 2.50. The van der Waals surface area contributed by atoms with Gasteiger partial charge in [-0.2, -0.15) is 0 Å². The Hall–Kier alpha value is -1.62. The zero-order valence-electron chi connectivity index (χ0n) is 5.83. The summed E-state index contributed by atoms with van der Waals surface area (Å²) in [7, 11) is 0. The first kappa shape index (κ1) is 7.49. The van der Waals surface area contributed by atoms with Gasteiger partial charge in [0.2, 0.25) is 0 Å². The summed E-state index contributed by atoms with van der Waals surface area (Å²) in [6.45, 7) is 1.17. The van der Waals surface area contributed by atoms with E-state index in [0.29, 0.717) is 13.1 Å². The van der Waals surface area contributed by atoms with Crippen molar-refractivity contribution in [1.82, 2.24) is 20.2 Å². The Kier molecular flexibility index (Phi) is 2.88. The Morgan fingerprint density at radius 1 is 1.64 bits per heavy atom. The van der Waals surface area contributed by atoms with Crippen LogP contribution in [-0.2, 0) is 6.54 Å². The minimum absolute atomic E-state index is 0.483. The van der Waals surface area contributed by atoms with Crippen molar-refractivity contribution in [1.29, 1.82) is 0 Å². The first-order valence-electron chi connectivity index (χ1n) is 3.15. The Balaban J connectivity index is 2.18. The molecule has 7 nitrogen and oxygen atoms in total. The molecular weight excluding hydrogens is 146 g/mol. The van der Waals surface area contributed by atoms with Crippen LogP contribution >= 0.6 is 0 Å². The van der Waals surface area contributed by atoms with Gasteiger partial charge in [-0.1, -0.05) is 5.11 Å². The summed E-state index contributed by atoms with van der Waals surface area (Å²) in [5.41, 5.74) is 7.93. The van der Waals surface area contributed by atoms with Gasteiger partial charge in [0, 0.05) is 18.0 Å². The molecule has 0 aromatic carbocycles. The van der Waals surface area contributed by atoms with E-state index < -0.39 is 0 Å². The van der Waals surface area contributed by atoms with Crippen molar-refractivity contribution in [3.8, 4) is 0 Å². The molecule has 0 radical (unpaired) electrons. The van der Waals surface area contributed by atoms with E-state index in [1.54, 1.807) is 4.68 Å². The average molecular weight is 153 g/mol. The summed E-state index contributed by atoms with van der Waals surface area (Å²) in [4.78, 5) is 2.62. The Morgan fingerprint density at radius 3 is 3.18 bits per heavy atom. The summed E-state index contributed by atoms with van der Waals surface area (Å²) in [6.07, 6.45) is 2.28. The van der Waals surface area contributed by atoms with Gasteiger partial charge in [-0.05, 0) is 22.4 Å². The standard InChI is InChI=1S/C4H7N7/c5-8-6-2-1-3-11-4-7-9-10-11/h4H,1-3H2. The van der Waals surface area contributed by atoms with Gasteiger partial charge in [-0.3, -0.25) is 0 Å². The number of azide groups is 1. The quantitative estimate of drug-likeness (QED) is 0.271. The minimum atomic E-state index is 0.483. The lowest BCUT2D eigenvalue weighted by Crippen LogP contribution is -1.99. The molecule has 0 N–H and O–H groups in total. The van der Waals surface area contributed by atoms with Gasteiger partial charge in [0.1, 0.15) is 6.33 Å². The highest BCUT2D eigenvalue weighted by Gasteiger charge is 1.89. The predicted molar refractivity (Wildman–Crippen MR) is 36.4 cm³/mol. The van der Waals surface area contributed by atoms with E-state index in [1.807, 2.05) is 0 Å². The van der Waals surface area contributed by atoms with Gasteiger partial charge in [-0.25, -0.2) is 4.68 Å². The third-order valence-electron chi connectivity index (χ3n) is 1.10. The van der Waals surface area contributed by atoms with E-state index in [2.05, 4.69) is 25.6 Å². The lowest BCUT2D eigenvalue weighted by atomic mass is 10.4.